The first kappa shape index (κ1) is 12.1. The topological polar surface area (TPSA) is 15.3 Å². The van der Waals surface area contributed by atoms with Crippen molar-refractivity contribution in [1.29, 1.82) is 0 Å². The van der Waals surface area contributed by atoms with E-state index in [1.54, 1.807) is 0 Å². The molecule has 0 aromatic carbocycles. The Morgan fingerprint density at radius 1 is 1.56 bits per heavy atom. The van der Waals surface area contributed by atoms with Crippen LogP contribution in [0.5, 0.6) is 0 Å². The van der Waals surface area contributed by atoms with Gasteiger partial charge in [-0.1, -0.05) is 19.9 Å². The second-order valence-electron chi connectivity index (χ2n) is 4.94. The van der Waals surface area contributed by atoms with Crippen LogP contribution in [-0.2, 0) is 6.42 Å². The van der Waals surface area contributed by atoms with E-state index in [-0.39, 0.29) is 0 Å². The molecule has 0 aliphatic carbocycles. The quantitative estimate of drug-likeness (QED) is 0.847. The van der Waals surface area contributed by atoms with E-state index in [1.807, 2.05) is 11.3 Å². The highest BCUT2D eigenvalue weighted by molar-refractivity contribution is 7.09. The van der Waals surface area contributed by atoms with Crippen LogP contribution in [0.3, 0.4) is 0 Å². The number of hydrogen-bond acceptors (Lipinski definition) is 3. The van der Waals surface area contributed by atoms with Gasteiger partial charge in [-0.15, -0.1) is 11.3 Å². The standard InChI is InChI=1S/C13H22N2S/c1-11(2)14-12-5-7-15(10-12)8-6-13-4-3-9-16-13/h3-4,9,11-12,14H,5-8,10H2,1-2H3. The lowest BCUT2D eigenvalue weighted by Crippen LogP contribution is -2.37. The van der Waals surface area contributed by atoms with Crippen LogP contribution in [-0.4, -0.2) is 36.6 Å². The van der Waals surface area contributed by atoms with E-state index in [1.165, 1.54) is 37.4 Å². The molecule has 1 unspecified atom stereocenters. The molecule has 0 saturated carbocycles. The number of thiophene rings is 1. The van der Waals surface area contributed by atoms with Gasteiger partial charge in [0.05, 0.1) is 0 Å². The minimum Gasteiger partial charge on any atom is -0.310 e. The summed E-state index contributed by atoms with van der Waals surface area (Å²) in [6.07, 6.45) is 2.52. The van der Waals surface area contributed by atoms with Crippen molar-refractivity contribution < 1.29 is 0 Å². The molecule has 2 heterocycles. The van der Waals surface area contributed by atoms with E-state index in [2.05, 4.69) is 41.6 Å². The lowest BCUT2D eigenvalue weighted by atomic mass is 10.2. The van der Waals surface area contributed by atoms with Gasteiger partial charge in [-0.05, 0) is 30.8 Å². The van der Waals surface area contributed by atoms with E-state index < -0.39 is 0 Å². The zero-order valence-electron chi connectivity index (χ0n) is 10.3. The molecule has 0 bridgehead atoms. The van der Waals surface area contributed by atoms with Crippen molar-refractivity contribution >= 4 is 11.3 Å². The van der Waals surface area contributed by atoms with Gasteiger partial charge in [-0.3, -0.25) is 0 Å². The average molecular weight is 238 g/mol. The number of likely N-dealkylation sites (tertiary alicyclic amines) is 1. The number of nitrogens with zero attached hydrogens (tertiary/aromatic N) is 1. The second-order valence-corrected chi connectivity index (χ2v) is 5.97. The van der Waals surface area contributed by atoms with Crippen LogP contribution in [0.1, 0.15) is 25.1 Å². The number of hydrogen-bond donors (Lipinski definition) is 1. The fraction of sp³-hybridized carbons (Fsp3) is 0.692. The Bertz CT molecular complexity index is 295. The van der Waals surface area contributed by atoms with E-state index in [9.17, 15) is 0 Å². The first-order valence-corrected chi connectivity index (χ1v) is 7.13. The molecule has 16 heavy (non-hydrogen) atoms. The third-order valence-corrected chi connectivity index (χ3v) is 4.03. The lowest BCUT2D eigenvalue weighted by Gasteiger charge is -2.17. The van der Waals surface area contributed by atoms with E-state index >= 15 is 0 Å². The molecule has 3 heteroatoms. The molecule has 1 atom stereocenters. The normalized spacial score (nSPS) is 22.1. The van der Waals surface area contributed by atoms with Gasteiger partial charge in [0.15, 0.2) is 0 Å². The van der Waals surface area contributed by atoms with Gasteiger partial charge in [0.2, 0.25) is 0 Å². The molecule has 2 nitrogen and oxygen atoms in total. The molecule has 1 fully saturated rings. The van der Waals surface area contributed by atoms with Gasteiger partial charge in [0, 0.05) is 30.1 Å². The van der Waals surface area contributed by atoms with Crippen LogP contribution >= 0.6 is 11.3 Å². The van der Waals surface area contributed by atoms with Crippen molar-refractivity contribution in [3.63, 3.8) is 0 Å². The Hall–Kier alpha value is -0.380. The first-order valence-electron chi connectivity index (χ1n) is 6.25. The molecule has 0 amide bonds. The summed E-state index contributed by atoms with van der Waals surface area (Å²) in [6.45, 7) is 8.17. The maximum absolute atomic E-state index is 3.63. The van der Waals surface area contributed by atoms with Crippen LogP contribution in [0.25, 0.3) is 0 Å². The highest BCUT2D eigenvalue weighted by Crippen LogP contribution is 2.13. The Morgan fingerprint density at radius 2 is 2.44 bits per heavy atom. The van der Waals surface area contributed by atoms with Gasteiger partial charge in [0.1, 0.15) is 0 Å². The summed E-state index contributed by atoms with van der Waals surface area (Å²) in [7, 11) is 0. The molecule has 0 radical (unpaired) electrons. The van der Waals surface area contributed by atoms with Crippen LogP contribution < -0.4 is 5.32 Å². The van der Waals surface area contributed by atoms with E-state index in [0.29, 0.717) is 12.1 Å². The molecule has 1 aromatic rings. The molecule has 1 aliphatic rings. The molecule has 0 spiro atoms. The predicted molar refractivity (Wildman–Crippen MR) is 71.1 cm³/mol. The van der Waals surface area contributed by atoms with Crippen molar-refractivity contribution in [1.82, 2.24) is 10.2 Å². The second kappa shape index (κ2) is 5.80. The van der Waals surface area contributed by atoms with Crippen LogP contribution in [0.15, 0.2) is 17.5 Å². The molecule has 90 valence electrons. The van der Waals surface area contributed by atoms with E-state index in [0.717, 1.165) is 0 Å². The van der Waals surface area contributed by atoms with Crippen LogP contribution in [0.2, 0.25) is 0 Å². The first-order chi connectivity index (χ1) is 7.74. The summed E-state index contributed by atoms with van der Waals surface area (Å²) in [5.41, 5.74) is 0. The maximum atomic E-state index is 3.63. The van der Waals surface area contributed by atoms with Crippen LogP contribution in [0, 0.1) is 0 Å². The molecular weight excluding hydrogens is 216 g/mol. The molecule has 1 saturated heterocycles. The van der Waals surface area contributed by atoms with E-state index in [4.69, 9.17) is 0 Å². The molecular formula is C13H22N2S. The number of nitrogens with one attached hydrogen (secondary N) is 1. The van der Waals surface area contributed by atoms with Gasteiger partial charge in [-0.25, -0.2) is 0 Å². The van der Waals surface area contributed by atoms with Crippen molar-refractivity contribution in [3.05, 3.63) is 22.4 Å². The van der Waals surface area contributed by atoms with Crippen LogP contribution in [0.4, 0.5) is 0 Å². The summed E-state index contributed by atoms with van der Waals surface area (Å²) < 4.78 is 0. The summed E-state index contributed by atoms with van der Waals surface area (Å²) in [4.78, 5) is 4.10. The summed E-state index contributed by atoms with van der Waals surface area (Å²) in [5.74, 6) is 0. The smallest absolute Gasteiger partial charge is 0.0209 e. The summed E-state index contributed by atoms with van der Waals surface area (Å²) in [5, 5.41) is 5.79. The van der Waals surface area contributed by atoms with Crippen molar-refractivity contribution in [3.8, 4) is 0 Å². The Morgan fingerprint density at radius 3 is 3.12 bits per heavy atom. The maximum Gasteiger partial charge on any atom is 0.0209 e. The predicted octanol–water partition coefficient (Wildman–Crippen LogP) is 2.36. The minimum atomic E-state index is 0.613. The monoisotopic (exact) mass is 238 g/mol. The summed E-state index contributed by atoms with van der Waals surface area (Å²) in [6, 6.07) is 5.71. The zero-order chi connectivity index (χ0) is 11.4. The number of rotatable bonds is 5. The lowest BCUT2D eigenvalue weighted by molar-refractivity contribution is 0.329. The fourth-order valence-corrected chi connectivity index (χ4v) is 3.06. The Labute approximate surface area is 103 Å². The molecule has 1 aliphatic heterocycles. The average Bonchev–Trinajstić information content (AvgIpc) is 2.84. The molecule has 1 N–H and O–H groups in total. The third kappa shape index (κ3) is 3.58. The van der Waals surface area contributed by atoms with Crippen molar-refractivity contribution in [2.45, 2.75) is 38.8 Å². The van der Waals surface area contributed by atoms with Gasteiger partial charge in [0.25, 0.3) is 0 Å². The van der Waals surface area contributed by atoms with Crippen molar-refractivity contribution in [2.75, 3.05) is 19.6 Å². The van der Waals surface area contributed by atoms with Gasteiger partial charge in [-0.2, -0.15) is 0 Å². The Kier molecular flexibility index (Phi) is 4.38. The Balaban J connectivity index is 1.69. The van der Waals surface area contributed by atoms with Crippen molar-refractivity contribution in [2.24, 2.45) is 0 Å². The molecule has 2 rings (SSSR count). The minimum absolute atomic E-state index is 0.613. The summed E-state index contributed by atoms with van der Waals surface area (Å²) >= 11 is 1.88. The third-order valence-electron chi connectivity index (χ3n) is 3.10. The molecule has 1 aromatic heterocycles. The largest absolute Gasteiger partial charge is 0.310 e. The van der Waals surface area contributed by atoms with Gasteiger partial charge < -0.3 is 10.2 Å². The zero-order valence-corrected chi connectivity index (χ0v) is 11.1. The highest BCUT2D eigenvalue weighted by atomic mass is 32.1. The SMILES string of the molecule is CC(C)NC1CCN(CCc2cccs2)C1. The van der Waals surface area contributed by atoms with Gasteiger partial charge >= 0.3 is 0 Å². The highest BCUT2D eigenvalue weighted by Gasteiger charge is 2.22. The fourth-order valence-electron chi connectivity index (χ4n) is 2.37.